The minimum absolute atomic E-state index is 0.150. The molecule has 2 aromatic rings. The van der Waals surface area contributed by atoms with E-state index in [4.69, 9.17) is 4.74 Å². The fraction of sp³-hybridized carbons (Fsp3) is 0.438. The minimum atomic E-state index is -0.387. The van der Waals surface area contributed by atoms with Gasteiger partial charge in [0.15, 0.2) is 5.16 Å². The summed E-state index contributed by atoms with van der Waals surface area (Å²) in [5.41, 5.74) is 0.447. The normalized spacial score (nSPS) is 12.0. The van der Waals surface area contributed by atoms with Crippen LogP contribution in [0.25, 0.3) is 0 Å². The number of carbonyl (C=O) groups excluding carboxylic acids is 1. The van der Waals surface area contributed by atoms with E-state index in [2.05, 4.69) is 15.5 Å². The number of nitrogens with one attached hydrogen (secondary N) is 2. The molecule has 0 bridgehead atoms. The molecule has 0 spiro atoms. The number of anilines is 1. The third-order valence-electron chi connectivity index (χ3n) is 3.25. The van der Waals surface area contributed by atoms with Gasteiger partial charge in [0.25, 0.3) is 0 Å². The molecule has 2 rings (SSSR count). The smallest absolute Gasteiger partial charge is 0.343 e. The summed E-state index contributed by atoms with van der Waals surface area (Å²) < 4.78 is 6.92. The number of ether oxygens (including phenoxy) is 1. The third kappa shape index (κ3) is 4.64. The summed E-state index contributed by atoms with van der Waals surface area (Å²) in [4.78, 5) is 24.0. The topological polar surface area (TPSA) is 89.0 Å². The van der Waals surface area contributed by atoms with Crippen molar-refractivity contribution in [3.05, 3.63) is 34.7 Å². The summed E-state index contributed by atoms with van der Waals surface area (Å²) >= 11 is 1.25. The lowest BCUT2D eigenvalue weighted by Gasteiger charge is -2.12. The van der Waals surface area contributed by atoms with Crippen molar-refractivity contribution < 1.29 is 9.53 Å². The maximum atomic E-state index is 12.3. The van der Waals surface area contributed by atoms with Gasteiger partial charge in [-0.05, 0) is 44.5 Å². The molecular formula is C16H22N4O3S. The van der Waals surface area contributed by atoms with Crippen LogP contribution >= 0.6 is 11.8 Å². The Labute approximate surface area is 144 Å². The molecule has 0 saturated heterocycles. The number of carbonyl (C=O) groups is 1. The zero-order chi connectivity index (χ0) is 17.5. The largest absolute Gasteiger partial charge is 0.494 e. The Morgan fingerprint density at radius 2 is 2.08 bits per heavy atom. The Bertz CT molecular complexity index is 724. The molecule has 0 aliphatic heterocycles. The molecular weight excluding hydrogens is 328 g/mol. The number of amides is 1. The summed E-state index contributed by atoms with van der Waals surface area (Å²) in [6, 6.07) is 7.21. The molecule has 0 aliphatic rings. The van der Waals surface area contributed by atoms with E-state index in [1.807, 2.05) is 26.0 Å². The number of nitrogens with zero attached hydrogens (tertiary/aromatic N) is 2. The van der Waals surface area contributed by atoms with Gasteiger partial charge in [0, 0.05) is 12.2 Å². The highest BCUT2D eigenvalue weighted by Gasteiger charge is 2.19. The van der Waals surface area contributed by atoms with Crippen molar-refractivity contribution in [1.29, 1.82) is 0 Å². The van der Waals surface area contributed by atoms with Crippen molar-refractivity contribution in [3.63, 3.8) is 0 Å². The Morgan fingerprint density at radius 1 is 1.38 bits per heavy atom. The monoisotopic (exact) mass is 350 g/mol. The lowest BCUT2D eigenvalue weighted by Crippen LogP contribution is -2.24. The van der Waals surface area contributed by atoms with E-state index in [0.29, 0.717) is 24.0 Å². The molecule has 0 aliphatic carbocycles. The lowest BCUT2D eigenvalue weighted by molar-refractivity contribution is -0.115. The van der Waals surface area contributed by atoms with Crippen LogP contribution < -0.4 is 15.7 Å². The molecule has 2 N–H and O–H groups in total. The van der Waals surface area contributed by atoms with Crippen molar-refractivity contribution in [2.24, 2.45) is 0 Å². The quantitative estimate of drug-likeness (QED) is 0.714. The van der Waals surface area contributed by atoms with Crippen molar-refractivity contribution >= 4 is 23.4 Å². The highest BCUT2D eigenvalue weighted by atomic mass is 32.2. The average molecular weight is 350 g/mol. The number of benzene rings is 1. The fourth-order valence-corrected chi connectivity index (χ4v) is 2.95. The van der Waals surface area contributed by atoms with E-state index in [-0.39, 0.29) is 16.8 Å². The van der Waals surface area contributed by atoms with Gasteiger partial charge >= 0.3 is 5.69 Å². The number of H-pyrrole nitrogens is 1. The average Bonchev–Trinajstić information content (AvgIpc) is 2.90. The van der Waals surface area contributed by atoms with Gasteiger partial charge in [0.1, 0.15) is 5.75 Å². The molecule has 130 valence electrons. The Kier molecular flexibility index (Phi) is 6.48. The molecule has 24 heavy (non-hydrogen) atoms. The van der Waals surface area contributed by atoms with Crippen LogP contribution in [0, 0.1) is 0 Å². The second kappa shape index (κ2) is 8.58. The SMILES string of the molecule is CCCn1c(S[C@H](C)C(=O)Nc2ccc(OCC)cc2)n[nH]c1=O. The van der Waals surface area contributed by atoms with Crippen LogP contribution in [0.15, 0.2) is 34.2 Å². The molecule has 0 saturated carbocycles. The third-order valence-corrected chi connectivity index (χ3v) is 4.34. The van der Waals surface area contributed by atoms with Crippen molar-refractivity contribution in [3.8, 4) is 5.75 Å². The molecule has 1 atom stereocenters. The molecule has 0 unspecified atom stereocenters. The number of hydrogen-bond donors (Lipinski definition) is 2. The van der Waals surface area contributed by atoms with Crippen LogP contribution in [0.4, 0.5) is 5.69 Å². The maximum absolute atomic E-state index is 12.3. The van der Waals surface area contributed by atoms with Crippen molar-refractivity contribution in [2.45, 2.75) is 44.1 Å². The van der Waals surface area contributed by atoms with Gasteiger partial charge in [0.05, 0.1) is 11.9 Å². The van der Waals surface area contributed by atoms with Gasteiger partial charge in [-0.3, -0.25) is 9.36 Å². The van der Waals surface area contributed by atoms with Gasteiger partial charge in [0.2, 0.25) is 5.91 Å². The van der Waals surface area contributed by atoms with E-state index in [1.165, 1.54) is 11.8 Å². The first-order valence-electron chi connectivity index (χ1n) is 7.90. The van der Waals surface area contributed by atoms with E-state index >= 15 is 0 Å². The molecule has 1 aromatic heterocycles. The lowest BCUT2D eigenvalue weighted by atomic mass is 10.3. The van der Waals surface area contributed by atoms with Gasteiger partial charge in [-0.25, -0.2) is 9.89 Å². The van der Waals surface area contributed by atoms with Gasteiger partial charge < -0.3 is 10.1 Å². The highest BCUT2D eigenvalue weighted by molar-refractivity contribution is 8.00. The number of aromatic amines is 1. The van der Waals surface area contributed by atoms with Crippen molar-refractivity contribution in [1.82, 2.24) is 14.8 Å². The summed E-state index contributed by atoms with van der Waals surface area (Å²) in [5.74, 6) is 0.612. The number of hydrogen-bond acceptors (Lipinski definition) is 5. The van der Waals surface area contributed by atoms with E-state index in [1.54, 1.807) is 23.6 Å². The summed E-state index contributed by atoms with van der Waals surface area (Å²) in [6.45, 7) is 6.86. The zero-order valence-electron chi connectivity index (χ0n) is 14.0. The standard InChI is InChI=1S/C16H22N4O3S/c1-4-10-20-15(22)18-19-16(20)24-11(3)14(21)17-12-6-8-13(9-7-12)23-5-2/h6-9,11H,4-5,10H2,1-3H3,(H,17,21)(H,18,22)/t11-/m1/s1. The number of rotatable bonds is 8. The summed E-state index contributed by atoms with van der Waals surface area (Å²) in [5, 5.41) is 9.40. The molecule has 0 fully saturated rings. The summed E-state index contributed by atoms with van der Waals surface area (Å²) in [6.07, 6.45) is 0.819. The van der Waals surface area contributed by atoms with Crippen LogP contribution in [0.2, 0.25) is 0 Å². The van der Waals surface area contributed by atoms with Crippen LogP contribution in [0.1, 0.15) is 27.2 Å². The Balaban J connectivity index is 1.98. The predicted octanol–water partition coefficient (Wildman–Crippen LogP) is 2.50. The molecule has 0 radical (unpaired) electrons. The highest BCUT2D eigenvalue weighted by Crippen LogP contribution is 2.22. The van der Waals surface area contributed by atoms with Crippen LogP contribution in [-0.2, 0) is 11.3 Å². The molecule has 1 amide bonds. The first-order valence-corrected chi connectivity index (χ1v) is 8.78. The van der Waals surface area contributed by atoms with Crippen LogP contribution in [-0.4, -0.2) is 32.5 Å². The van der Waals surface area contributed by atoms with E-state index < -0.39 is 0 Å². The van der Waals surface area contributed by atoms with Crippen molar-refractivity contribution in [2.75, 3.05) is 11.9 Å². The van der Waals surface area contributed by atoms with Gasteiger partial charge in [-0.1, -0.05) is 18.7 Å². The molecule has 7 nitrogen and oxygen atoms in total. The maximum Gasteiger partial charge on any atom is 0.343 e. The predicted molar refractivity (Wildman–Crippen MR) is 94.7 cm³/mol. The molecule has 8 heteroatoms. The first-order chi connectivity index (χ1) is 11.5. The van der Waals surface area contributed by atoms with Crippen LogP contribution in [0.5, 0.6) is 5.75 Å². The zero-order valence-corrected chi connectivity index (χ0v) is 14.9. The Morgan fingerprint density at radius 3 is 2.71 bits per heavy atom. The van der Waals surface area contributed by atoms with E-state index in [9.17, 15) is 9.59 Å². The first kappa shape index (κ1) is 18.1. The molecule has 1 heterocycles. The number of aromatic nitrogens is 3. The summed E-state index contributed by atoms with van der Waals surface area (Å²) in [7, 11) is 0. The number of thioether (sulfide) groups is 1. The fourth-order valence-electron chi connectivity index (χ4n) is 2.07. The Hall–Kier alpha value is -2.22. The molecule has 1 aromatic carbocycles. The minimum Gasteiger partial charge on any atom is -0.494 e. The van der Waals surface area contributed by atoms with E-state index in [0.717, 1.165) is 12.2 Å². The van der Waals surface area contributed by atoms with Gasteiger partial charge in [-0.15, -0.1) is 5.10 Å². The second-order valence-corrected chi connectivity index (χ2v) is 6.48. The van der Waals surface area contributed by atoms with Gasteiger partial charge in [-0.2, -0.15) is 0 Å². The van der Waals surface area contributed by atoms with Crippen LogP contribution in [0.3, 0.4) is 0 Å². The second-order valence-electron chi connectivity index (χ2n) is 5.17.